The number of carbonyl (C=O) groups excluding carboxylic acids is 2. The fourth-order valence-electron chi connectivity index (χ4n) is 2.15. The molecule has 1 aromatic heterocycles. The minimum atomic E-state index is -0.871. The first-order chi connectivity index (χ1) is 11.5. The number of thiophene rings is 1. The molecule has 1 N–H and O–H groups in total. The average Bonchev–Trinajstić information content (AvgIpc) is 3.06. The summed E-state index contributed by atoms with van der Waals surface area (Å²) in [5, 5.41) is 6.67. The number of hydrogen-bond acceptors (Lipinski definition) is 4. The van der Waals surface area contributed by atoms with Crippen molar-refractivity contribution in [3.8, 4) is 0 Å². The maximum atomic E-state index is 12.2. The molecule has 0 radical (unpaired) electrons. The monoisotopic (exact) mass is 343 g/mol. The van der Waals surface area contributed by atoms with Crippen LogP contribution >= 0.6 is 11.3 Å². The van der Waals surface area contributed by atoms with Gasteiger partial charge in [-0.05, 0) is 52.9 Å². The minimum absolute atomic E-state index is 0.285. The average molecular weight is 343 g/mol. The largest absolute Gasteiger partial charge is 0.449 e. The third-order valence-corrected chi connectivity index (χ3v) is 4.16. The van der Waals surface area contributed by atoms with Gasteiger partial charge in [0.1, 0.15) is 0 Å². The first-order valence-corrected chi connectivity index (χ1v) is 8.72. The van der Waals surface area contributed by atoms with E-state index in [4.69, 9.17) is 4.74 Å². The van der Waals surface area contributed by atoms with Gasteiger partial charge in [0, 0.05) is 11.8 Å². The Morgan fingerprint density at radius 1 is 1.17 bits per heavy atom. The Morgan fingerprint density at radius 2 is 1.92 bits per heavy atom. The van der Waals surface area contributed by atoms with Crippen LogP contribution in [0.2, 0.25) is 0 Å². The summed E-state index contributed by atoms with van der Waals surface area (Å²) >= 11 is 1.55. The minimum Gasteiger partial charge on any atom is -0.449 e. The molecule has 0 fully saturated rings. The zero-order chi connectivity index (χ0) is 17.5. The number of rotatable bonds is 6. The predicted octanol–water partition coefficient (Wildman–Crippen LogP) is 4.46. The molecule has 0 saturated heterocycles. The van der Waals surface area contributed by atoms with Crippen molar-refractivity contribution >= 4 is 35.0 Å². The van der Waals surface area contributed by atoms with Crippen LogP contribution in [0.25, 0.3) is 6.08 Å². The number of ether oxygens (including phenoxy) is 1. The van der Waals surface area contributed by atoms with Crippen molar-refractivity contribution < 1.29 is 14.3 Å². The lowest BCUT2D eigenvalue weighted by Crippen LogP contribution is -2.29. The van der Waals surface area contributed by atoms with Gasteiger partial charge in [0.25, 0.3) is 5.91 Å². The molecular formula is C19H21NO3S. The van der Waals surface area contributed by atoms with Crippen molar-refractivity contribution in [3.63, 3.8) is 0 Å². The fourth-order valence-corrected chi connectivity index (χ4v) is 2.78. The van der Waals surface area contributed by atoms with E-state index >= 15 is 0 Å². The van der Waals surface area contributed by atoms with E-state index in [2.05, 4.69) is 19.2 Å². The third kappa shape index (κ3) is 5.06. The molecule has 0 aliphatic rings. The summed E-state index contributed by atoms with van der Waals surface area (Å²) < 4.78 is 5.15. The van der Waals surface area contributed by atoms with Crippen LogP contribution in [0, 0.1) is 0 Å². The number of benzene rings is 1. The number of hydrogen-bond donors (Lipinski definition) is 1. The number of anilines is 1. The molecular weight excluding hydrogens is 322 g/mol. The van der Waals surface area contributed by atoms with Crippen LogP contribution in [0.3, 0.4) is 0 Å². The fraction of sp³-hybridized carbons (Fsp3) is 0.263. The summed E-state index contributed by atoms with van der Waals surface area (Å²) in [5.74, 6) is -0.603. The van der Waals surface area contributed by atoms with Crippen LogP contribution in [-0.2, 0) is 14.3 Å². The number of esters is 1. The molecule has 2 rings (SSSR count). The van der Waals surface area contributed by atoms with Crippen molar-refractivity contribution in [2.75, 3.05) is 5.32 Å². The van der Waals surface area contributed by atoms with Crippen LogP contribution < -0.4 is 5.32 Å². The summed E-state index contributed by atoms with van der Waals surface area (Å²) in [6.45, 7) is 5.68. The van der Waals surface area contributed by atoms with Gasteiger partial charge in [-0.15, -0.1) is 0 Å². The number of para-hydroxylation sites is 1. The lowest BCUT2D eigenvalue weighted by atomic mass is 10.0. The van der Waals surface area contributed by atoms with Crippen LogP contribution in [0.1, 0.15) is 37.8 Å². The zero-order valence-corrected chi connectivity index (χ0v) is 14.8. The molecule has 0 bridgehead atoms. The molecule has 24 heavy (non-hydrogen) atoms. The Kier molecular flexibility index (Phi) is 6.32. The van der Waals surface area contributed by atoms with Crippen LogP contribution in [-0.4, -0.2) is 18.0 Å². The molecule has 0 aliphatic heterocycles. The topological polar surface area (TPSA) is 55.4 Å². The SMILES string of the molecule is CC(C)c1ccccc1NC(=O)[C@@H](C)OC(=O)/C=C/c1ccsc1. The van der Waals surface area contributed by atoms with E-state index < -0.39 is 12.1 Å². The maximum Gasteiger partial charge on any atom is 0.331 e. The molecule has 0 unspecified atom stereocenters. The number of carbonyl (C=O) groups is 2. The van der Waals surface area contributed by atoms with Gasteiger partial charge in [0.2, 0.25) is 0 Å². The molecule has 5 heteroatoms. The highest BCUT2D eigenvalue weighted by molar-refractivity contribution is 7.08. The van der Waals surface area contributed by atoms with Gasteiger partial charge in [0.05, 0.1) is 0 Å². The van der Waals surface area contributed by atoms with Crippen molar-refractivity contribution in [1.82, 2.24) is 0 Å². The second-order valence-electron chi connectivity index (χ2n) is 5.70. The molecule has 1 aromatic carbocycles. The molecule has 1 atom stereocenters. The summed E-state index contributed by atoms with van der Waals surface area (Å²) in [4.78, 5) is 24.0. The Morgan fingerprint density at radius 3 is 2.58 bits per heavy atom. The van der Waals surface area contributed by atoms with E-state index in [1.807, 2.05) is 41.1 Å². The lowest BCUT2D eigenvalue weighted by Gasteiger charge is -2.16. The van der Waals surface area contributed by atoms with Gasteiger partial charge in [-0.3, -0.25) is 4.79 Å². The molecule has 4 nitrogen and oxygen atoms in total. The van der Waals surface area contributed by atoms with Gasteiger partial charge < -0.3 is 10.1 Å². The third-order valence-electron chi connectivity index (χ3n) is 3.46. The smallest absolute Gasteiger partial charge is 0.331 e. The van der Waals surface area contributed by atoms with Crippen molar-refractivity contribution in [3.05, 3.63) is 58.3 Å². The Hall–Kier alpha value is -2.40. The van der Waals surface area contributed by atoms with E-state index in [1.54, 1.807) is 24.3 Å². The van der Waals surface area contributed by atoms with Gasteiger partial charge in [-0.1, -0.05) is 32.0 Å². The number of nitrogens with one attached hydrogen (secondary N) is 1. The van der Waals surface area contributed by atoms with Crippen LogP contribution in [0.4, 0.5) is 5.69 Å². The Labute approximate surface area is 146 Å². The van der Waals surface area contributed by atoms with E-state index in [0.29, 0.717) is 0 Å². The zero-order valence-electron chi connectivity index (χ0n) is 14.0. The van der Waals surface area contributed by atoms with Crippen LogP contribution in [0.15, 0.2) is 47.2 Å². The second kappa shape index (κ2) is 8.45. The summed E-state index contributed by atoms with van der Waals surface area (Å²) in [6.07, 6.45) is 2.12. The van der Waals surface area contributed by atoms with Gasteiger partial charge in [0.15, 0.2) is 6.10 Å². The van der Waals surface area contributed by atoms with Crippen molar-refractivity contribution in [2.45, 2.75) is 32.8 Å². The Bertz CT molecular complexity index is 720. The molecule has 2 aromatic rings. The van der Waals surface area contributed by atoms with E-state index in [1.165, 1.54) is 6.08 Å². The first-order valence-electron chi connectivity index (χ1n) is 7.78. The summed E-state index contributed by atoms with van der Waals surface area (Å²) in [6, 6.07) is 9.51. The second-order valence-corrected chi connectivity index (χ2v) is 6.48. The highest BCUT2D eigenvalue weighted by Gasteiger charge is 2.18. The van der Waals surface area contributed by atoms with E-state index in [9.17, 15) is 9.59 Å². The number of amides is 1. The molecule has 126 valence electrons. The van der Waals surface area contributed by atoms with E-state index in [-0.39, 0.29) is 11.8 Å². The van der Waals surface area contributed by atoms with Gasteiger partial charge >= 0.3 is 5.97 Å². The molecule has 0 aliphatic carbocycles. The maximum absolute atomic E-state index is 12.2. The molecule has 0 spiro atoms. The van der Waals surface area contributed by atoms with Gasteiger partial charge in [-0.25, -0.2) is 4.79 Å². The quantitative estimate of drug-likeness (QED) is 0.622. The molecule has 0 saturated carbocycles. The van der Waals surface area contributed by atoms with Crippen LogP contribution in [0.5, 0.6) is 0 Å². The molecule has 1 heterocycles. The standard InChI is InChI=1S/C19H21NO3S/c1-13(2)16-6-4-5-7-17(16)20-19(22)14(3)23-18(21)9-8-15-10-11-24-12-15/h4-14H,1-3H3,(H,20,22)/b9-8+/t14-/m1/s1. The summed E-state index contributed by atoms with van der Waals surface area (Å²) in [5.41, 5.74) is 2.72. The molecule has 1 amide bonds. The lowest BCUT2D eigenvalue weighted by molar-refractivity contribution is -0.148. The van der Waals surface area contributed by atoms with Gasteiger partial charge in [-0.2, -0.15) is 11.3 Å². The highest BCUT2D eigenvalue weighted by atomic mass is 32.1. The first kappa shape index (κ1) is 17.9. The normalized spacial score (nSPS) is 12.3. The van der Waals surface area contributed by atoms with Crippen molar-refractivity contribution in [2.24, 2.45) is 0 Å². The highest BCUT2D eigenvalue weighted by Crippen LogP contribution is 2.23. The van der Waals surface area contributed by atoms with E-state index in [0.717, 1.165) is 16.8 Å². The van der Waals surface area contributed by atoms with Crippen molar-refractivity contribution in [1.29, 1.82) is 0 Å². The summed E-state index contributed by atoms with van der Waals surface area (Å²) in [7, 11) is 0. The predicted molar refractivity (Wildman–Crippen MR) is 98.1 cm³/mol. The Balaban J connectivity index is 1.94.